The molecule has 2 aromatic carbocycles. The molecule has 7 nitrogen and oxygen atoms in total. The summed E-state index contributed by atoms with van der Waals surface area (Å²) in [6.07, 6.45) is 1.27. The number of aromatic nitrogens is 2. The monoisotopic (exact) mass is 397 g/mol. The summed E-state index contributed by atoms with van der Waals surface area (Å²) in [5.41, 5.74) is 1.43. The number of hydrogen-bond donors (Lipinski definition) is 2. The lowest BCUT2D eigenvalue weighted by molar-refractivity contribution is 0.404. The van der Waals surface area contributed by atoms with E-state index in [-0.39, 0.29) is 16.2 Å². The van der Waals surface area contributed by atoms with E-state index in [1.807, 2.05) is 25.1 Å². The fourth-order valence-corrected chi connectivity index (χ4v) is 3.00. The van der Waals surface area contributed by atoms with Crippen molar-refractivity contribution in [2.24, 2.45) is 4.99 Å². The smallest absolute Gasteiger partial charge is 0.264 e. The number of benzene rings is 2. The number of aromatic amines is 1. The SMILES string of the molecule is COc1ccc(OC)c(N=Cc2c(O)n(-c3ccccc3C)c(=S)[nH]c2=O)c1. The molecule has 144 valence electrons. The number of rotatable bonds is 5. The van der Waals surface area contributed by atoms with Gasteiger partial charge in [-0.3, -0.25) is 19.3 Å². The third-order valence-electron chi connectivity index (χ3n) is 4.20. The molecule has 0 atom stereocenters. The Hall–Kier alpha value is -3.39. The van der Waals surface area contributed by atoms with Gasteiger partial charge in [0.15, 0.2) is 4.77 Å². The van der Waals surface area contributed by atoms with E-state index < -0.39 is 5.56 Å². The third-order valence-corrected chi connectivity index (χ3v) is 4.48. The molecule has 0 aliphatic carbocycles. The lowest BCUT2D eigenvalue weighted by atomic mass is 10.2. The second-order valence-electron chi connectivity index (χ2n) is 5.91. The Morgan fingerprint density at radius 2 is 1.93 bits per heavy atom. The fraction of sp³-hybridized carbons (Fsp3) is 0.150. The summed E-state index contributed by atoms with van der Waals surface area (Å²) in [6.45, 7) is 1.89. The Labute approximate surface area is 166 Å². The molecule has 0 unspecified atom stereocenters. The first-order chi connectivity index (χ1) is 13.5. The van der Waals surface area contributed by atoms with Gasteiger partial charge in [0.2, 0.25) is 5.88 Å². The maximum atomic E-state index is 12.4. The molecule has 0 spiro atoms. The highest BCUT2D eigenvalue weighted by Crippen LogP contribution is 2.31. The minimum Gasteiger partial charge on any atom is -0.497 e. The van der Waals surface area contributed by atoms with Gasteiger partial charge in [0.05, 0.1) is 19.9 Å². The van der Waals surface area contributed by atoms with Gasteiger partial charge in [-0.1, -0.05) is 18.2 Å². The molecule has 0 amide bonds. The zero-order valence-corrected chi connectivity index (χ0v) is 16.4. The van der Waals surface area contributed by atoms with Crippen molar-refractivity contribution in [2.75, 3.05) is 14.2 Å². The Bertz CT molecular complexity index is 1160. The van der Waals surface area contributed by atoms with E-state index >= 15 is 0 Å². The van der Waals surface area contributed by atoms with Crippen molar-refractivity contribution in [1.29, 1.82) is 0 Å². The summed E-state index contributed by atoms with van der Waals surface area (Å²) in [5, 5.41) is 10.8. The number of ether oxygens (including phenoxy) is 2. The Morgan fingerprint density at radius 1 is 1.18 bits per heavy atom. The summed E-state index contributed by atoms with van der Waals surface area (Å²) >= 11 is 5.24. The van der Waals surface area contributed by atoms with Crippen LogP contribution in [0.2, 0.25) is 0 Å². The summed E-state index contributed by atoms with van der Waals surface area (Å²) in [5.74, 6) is 0.787. The number of para-hydroxylation sites is 1. The minimum atomic E-state index is -0.544. The topological polar surface area (TPSA) is 88.8 Å². The second-order valence-corrected chi connectivity index (χ2v) is 6.30. The largest absolute Gasteiger partial charge is 0.497 e. The highest BCUT2D eigenvalue weighted by Gasteiger charge is 2.14. The number of aromatic hydroxyl groups is 1. The molecule has 0 saturated heterocycles. The van der Waals surface area contributed by atoms with Gasteiger partial charge in [0, 0.05) is 12.3 Å². The van der Waals surface area contributed by atoms with Crippen LogP contribution in [0.4, 0.5) is 5.69 Å². The number of H-pyrrole nitrogens is 1. The number of hydrogen-bond acceptors (Lipinski definition) is 6. The molecule has 3 rings (SSSR count). The summed E-state index contributed by atoms with van der Waals surface area (Å²) < 4.78 is 12.0. The van der Waals surface area contributed by atoms with E-state index in [9.17, 15) is 9.90 Å². The van der Waals surface area contributed by atoms with Crippen LogP contribution in [0.25, 0.3) is 5.69 Å². The maximum absolute atomic E-state index is 12.4. The van der Waals surface area contributed by atoms with Crippen molar-refractivity contribution >= 4 is 24.1 Å². The van der Waals surface area contributed by atoms with Crippen LogP contribution in [-0.2, 0) is 0 Å². The van der Waals surface area contributed by atoms with Crippen LogP contribution in [0, 0.1) is 11.7 Å². The Balaban J connectivity index is 2.16. The molecule has 8 heteroatoms. The molecule has 0 bridgehead atoms. The summed E-state index contributed by atoms with van der Waals surface area (Å²) in [6, 6.07) is 12.5. The van der Waals surface area contributed by atoms with Crippen LogP contribution in [0.1, 0.15) is 11.1 Å². The van der Waals surface area contributed by atoms with Gasteiger partial charge in [-0.25, -0.2) is 0 Å². The van der Waals surface area contributed by atoms with Crippen LogP contribution < -0.4 is 15.0 Å². The lowest BCUT2D eigenvalue weighted by Gasteiger charge is -2.13. The van der Waals surface area contributed by atoms with Gasteiger partial charge in [0.25, 0.3) is 5.56 Å². The van der Waals surface area contributed by atoms with Crippen LogP contribution in [0.15, 0.2) is 52.3 Å². The molecular formula is C20H19N3O4S. The quantitative estimate of drug-likeness (QED) is 0.506. The van der Waals surface area contributed by atoms with E-state index in [0.717, 1.165) is 5.56 Å². The van der Waals surface area contributed by atoms with Gasteiger partial charge in [-0.05, 0) is 42.9 Å². The van der Waals surface area contributed by atoms with Gasteiger partial charge in [0.1, 0.15) is 22.7 Å². The van der Waals surface area contributed by atoms with Crippen molar-refractivity contribution in [2.45, 2.75) is 6.92 Å². The molecule has 0 saturated carbocycles. The first-order valence-corrected chi connectivity index (χ1v) is 8.77. The third kappa shape index (κ3) is 3.67. The Morgan fingerprint density at radius 3 is 2.61 bits per heavy atom. The lowest BCUT2D eigenvalue weighted by Crippen LogP contribution is -2.18. The number of aryl methyl sites for hydroxylation is 1. The second kappa shape index (κ2) is 8.10. The summed E-state index contributed by atoms with van der Waals surface area (Å²) in [4.78, 5) is 19.3. The zero-order chi connectivity index (χ0) is 20.3. The number of nitrogens with zero attached hydrogens (tertiary/aromatic N) is 2. The van der Waals surface area contributed by atoms with Gasteiger partial charge >= 0.3 is 0 Å². The van der Waals surface area contributed by atoms with E-state index in [1.165, 1.54) is 17.9 Å². The average Bonchev–Trinajstić information content (AvgIpc) is 2.68. The van der Waals surface area contributed by atoms with Crippen LogP contribution >= 0.6 is 12.2 Å². The zero-order valence-electron chi connectivity index (χ0n) is 15.6. The fourth-order valence-electron chi connectivity index (χ4n) is 2.72. The molecule has 3 aromatic rings. The highest BCUT2D eigenvalue weighted by atomic mass is 32.1. The highest BCUT2D eigenvalue weighted by molar-refractivity contribution is 7.71. The van der Waals surface area contributed by atoms with E-state index in [2.05, 4.69) is 9.98 Å². The molecule has 0 radical (unpaired) electrons. The molecular weight excluding hydrogens is 378 g/mol. The first kappa shape index (κ1) is 19.4. The standard InChI is InChI=1S/C20H19N3O4S/c1-12-6-4-5-7-16(12)23-19(25)14(18(24)22-20(23)28)11-21-15-10-13(26-2)8-9-17(15)27-3/h4-11,25H,1-3H3,(H,22,24,28). The molecule has 1 aromatic heterocycles. The maximum Gasteiger partial charge on any atom is 0.264 e. The van der Waals surface area contributed by atoms with Crippen molar-refractivity contribution < 1.29 is 14.6 Å². The van der Waals surface area contributed by atoms with E-state index in [0.29, 0.717) is 22.9 Å². The van der Waals surface area contributed by atoms with Crippen LogP contribution in [0.3, 0.4) is 0 Å². The van der Waals surface area contributed by atoms with Gasteiger partial charge < -0.3 is 14.6 Å². The molecule has 1 heterocycles. The number of nitrogens with one attached hydrogen (secondary N) is 1. The van der Waals surface area contributed by atoms with Crippen molar-refractivity contribution in [3.05, 3.63) is 68.7 Å². The average molecular weight is 397 g/mol. The number of methoxy groups -OCH3 is 2. The Kier molecular flexibility index (Phi) is 5.60. The van der Waals surface area contributed by atoms with Crippen LogP contribution in [-0.4, -0.2) is 35.1 Å². The normalized spacial score (nSPS) is 11.0. The molecule has 28 heavy (non-hydrogen) atoms. The van der Waals surface area contributed by atoms with Crippen LogP contribution in [0.5, 0.6) is 17.4 Å². The molecule has 2 N–H and O–H groups in total. The van der Waals surface area contributed by atoms with Crippen molar-refractivity contribution in [1.82, 2.24) is 9.55 Å². The molecule has 0 fully saturated rings. The van der Waals surface area contributed by atoms with E-state index in [1.54, 1.807) is 31.4 Å². The first-order valence-electron chi connectivity index (χ1n) is 8.36. The predicted octanol–water partition coefficient (Wildman–Crippen LogP) is 3.68. The van der Waals surface area contributed by atoms with Gasteiger partial charge in [-0.15, -0.1) is 0 Å². The predicted molar refractivity (Wildman–Crippen MR) is 110 cm³/mol. The summed E-state index contributed by atoms with van der Waals surface area (Å²) in [7, 11) is 3.06. The van der Waals surface area contributed by atoms with Crippen molar-refractivity contribution in [3.63, 3.8) is 0 Å². The minimum absolute atomic E-state index is 0.0262. The molecule has 0 aliphatic heterocycles. The number of aliphatic imine (C=N–C) groups is 1. The van der Waals surface area contributed by atoms with Crippen molar-refractivity contribution in [3.8, 4) is 23.1 Å². The molecule has 0 aliphatic rings. The van der Waals surface area contributed by atoms with Gasteiger partial charge in [-0.2, -0.15) is 0 Å². The van der Waals surface area contributed by atoms with E-state index in [4.69, 9.17) is 21.7 Å².